The summed E-state index contributed by atoms with van der Waals surface area (Å²) in [6.45, 7) is 5.98. The second kappa shape index (κ2) is 10.2. The van der Waals surface area contributed by atoms with E-state index in [-0.39, 0.29) is 52.6 Å². The Hall–Kier alpha value is -3.38. The minimum atomic E-state index is -1.70. The van der Waals surface area contributed by atoms with Gasteiger partial charge in [-0.05, 0) is 63.0 Å². The zero-order valence-electron chi connectivity index (χ0n) is 23.3. The van der Waals surface area contributed by atoms with Crippen molar-refractivity contribution in [2.75, 3.05) is 6.61 Å². The maximum atomic E-state index is 13.9. The fraction of sp³-hybridized carbons (Fsp3) is 0.586. The van der Waals surface area contributed by atoms with Gasteiger partial charge in [-0.2, -0.15) is 0 Å². The highest BCUT2D eigenvalue weighted by Crippen LogP contribution is 2.68. The van der Waals surface area contributed by atoms with Crippen molar-refractivity contribution in [1.29, 1.82) is 0 Å². The van der Waals surface area contributed by atoms with Gasteiger partial charge in [-0.25, -0.2) is 4.79 Å². The van der Waals surface area contributed by atoms with Crippen LogP contribution in [0.25, 0.3) is 0 Å². The number of rotatable bonds is 7. The Kier molecular flexibility index (Phi) is 7.22. The SMILES string of the molecule is CC(=O)OCC(=O)[C@@]1(OC(=O)c2scc(O[N+](=O)[O-])c2C)CCC2C3CCC4=CC(=O)C=C[C@]4(C)C3[C@@H](O)C[C@@]21C. The van der Waals surface area contributed by atoms with Gasteiger partial charge in [0.2, 0.25) is 5.78 Å². The number of thiophene rings is 1. The number of Topliss-reactive ketones (excluding diaryl/α,β-unsaturated/α-hetero) is 1. The van der Waals surface area contributed by atoms with Crippen LogP contribution in [0.4, 0.5) is 0 Å². The Morgan fingerprint density at radius 1 is 1.24 bits per heavy atom. The van der Waals surface area contributed by atoms with Crippen molar-refractivity contribution in [3.63, 3.8) is 0 Å². The Bertz CT molecular complexity index is 1400. The topological polar surface area (TPSA) is 159 Å². The molecule has 1 aromatic heterocycles. The van der Waals surface area contributed by atoms with Gasteiger partial charge >= 0.3 is 11.9 Å². The summed E-state index contributed by atoms with van der Waals surface area (Å²) in [6, 6.07) is 0. The van der Waals surface area contributed by atoms with Crippen molar-refractivity contribution in [2.45, 2.75) is 71.5 Å². The molecule has 11 nitrogen and oxygen atoms in total. The standard InChI is InChI=1S/C29H33NO10S/c1-15-22(40-30(36)37)14-41-25(15)26(35)39-29(23(34)13-38-16(2)31)10-8-20-19-6-5-17-11-18(32)7-9-27(17,3)24(19)21(33)12-28(20,29)4/h7,9,11,14,19-21,24,33H,5-6,8,10,12-13H2,1-4H3/t19?,20?,21-,24?,27-,28-,29-/m0/s1. The number of carbonyl (C=O) groups excluding carboxylic acids is 4. The van der Waals surface area contributed by atoms with Crippen molar-refractivity contribution in [3.8, 4) is 5.75 Å². The Labute approximate surface area is 240 Å². The molecule has 3 unspecified atom stereocenters. The van der Waals surface area contributed by atoms with Crippen molar-refractivity contribution in [3.05, 3.63) is 49.7 Å². The van der Waals surface area contributed by atoms with Crippen LogP contribution in [0.15, 0.2) is 29.2 Å². The third-order valence-corrected chi connectivity index (χ3v) is 11.1. The number of hydrogen-bond donors (Lipinski definition) is 1. The van der Waals surface area contributed by atoms with Crippen LogP contribution in [-0.2, 0) is 23.9 Å². The molecule has 7 atom stereocenters. The summed E-state index contributed by atoms with van der Waals surface area (Å²) in [4.78, 5) is 66.7. The van der Waals surface area contributed by atoms with Crippen LogP contribution in [0.5, 0.6) is 5.75 Å². The maximum Gasteiger partial charge on any atom is 0.349 e. The second-order valence-electron chi connectivity index (χ2n) is 12.0. The van der Waals surface area contributed by atoms with Crippen LogP contribution in [0.3, 0.4) is 0 Å². The van der Waals surface area contributed by atoms with Crippen LogP contribution in [0.2, 0.25) is 0 Å². The number of ketones is 2. The smallest absolute Gasteiger partial charge is 0.349 e. The lowest BCUT2D eigenvalue weighted by atomic mass is 9.46. The Balaban J connectivity index is 1.52. The highest BCUT2D eigenvalue weighted by molar-refractivity contribution is 7.12. The van der Waals surface area contributed by atoms with E-state index in [0.29, 0.717) is 19.3 Å². The van der Waals surface area contributed by atoms with E-state index in [4.69, 9.17) is 9.47 Å². The van der Waals surface area contributed by atoms with Gasteiger partial charge in [0, 0.05) is 34.6 Å². The van der Waals surface area contributed by atoms with E-state index in [9.17, 15) is 34.4 Å². The number of ether oxygens (including phenoxy) is 2. The average Bonchev–Trinajstić information content (AvgIpc) is 3.39. The van der Waals surface area contributed by atoms with Gasteiger partial charge in [0.1, 0.15) is 10.6 Å². The first-order valence-corrected chi connectivity index (χ1v) is 14.5. The molecular formula is C29H33NO10S. The fourth-order valence-electron chi connectivity index (χ4n) is 8.26. The zero-order valence-corrected chi connectivity index (χ0v) is 24.2. The summed E-state index contributed by atoms with van der Waals surface area (Å²) >= 11 is 0.906. The lowest BCUT2D eigenvalue weighted by Crippen LogP contribution is -2.63. The van der Waals surface area contributed by atoms with Crippen molar-refractivity contribution in [1.82, 2.24) is 0 Å². The van der Waals surface area contributed by atoms with Crippen LogP contribution >= 0.6 is 11.3 Å². The summed E-state index contributed by atoms with van der Waals surface area (Å²) in [5.74, 6) is -2.55. The molecule has 4 aliphatic rings. The number of hydrogen-bond acceptors (Lipinski definition) is 11. The van der Waals surface area contributed by atoms with E-state index in [0.717, 1.165) is 16.9 Å². The van der Waals surface area contributed by atoms with Gasteiger partial charge in [0.25, 0.3) is 5.09 Å². The summed E-state index contributed by atoms with van der Waals surface area (Å²) in [5, 5.41) is 22.9. The number of fused-ring (bicyclic) bond motifs is 5. The Morgan fingerprint density at radius 2 is 1.98 bits per heavy atom. The van der Waals surface area contributed by atoms with Gasteiger partial charge < -0.3 is 14.6 Å². The van der Waals surface area contributed by atoms with E-state index in [2.05, 4.69) is 4.84 Å². The summed E-state index contributed by atoms with van der Waals surface area (Å²) in [5.41, 5.74) is -2.00. The lowest BCUT2D eigenvalue weighted by Gasteiger charge is -2.59. The molecule has 12 heteroatoms. The molecule has 0 amide bonds. The summed E-state index contributed by atoms with van der Waals surface area (Å²) < 4.78 is 11.2. The van der Waals surface area contributed by atoms with E-state index >= 15 is 0 Å². The molecule has 4 aliphatic carbocycles. The van der Waals surface area contributed by atoms with Crippen molar-refractivity contribution < 1.29 is 43.7 Å². The van der Waals surface area contributed by atoms with Gasteiger partial charge in [-0.3, -0.25) is 19.2 Å². The fourth-order valence-corrected chi connectivity index (χ4v) is 9.12. The van der Waals surface area contributed by atoms with E-state index in [1.54, 1.807) is 12.2 Å². The molecule has 0 spiro atoms. The monoisotopic (exact) mass is 587 g/mol. The van der Waals surface area contributed by atoms with Gasteiger partial charge in [-0.1, -0.05) is 25.5 Å². The third-order valence-electron chi connectivity index (χ3n) is 10.1. The van der Waals surface area contributed by atoms with Crippen molar-refractivity contribution in [2.24, 2.45) is 28.6 Å². The van der Waals surface area contributed by atoms with E-state index in [1.807, 2.05) is 19.9 Å². The average molecular weight is 588 g/mol. The predicted molar refractivity (Wildman–Crippen MR) is 144 cm³/mol. The van der Waals surface area contributed by atoms with Gasteiger partial charge in [-0.15, -0.1) is 21.5 Å². The number of esters is 2. The highest BCUT2D eigenvalue weighted by Gasteiger charge is 2.70. The van der Waals surface area contributed by atoms with Gasteiger partial charge in [0.05, 0.1) is 6.10 Å². The first-order valence-electron chi connectivity index (χ1n) is 13.7. The largest absolute Gasteiger partial charge is 0.458 e. The van der Waals surface area contributed by atoms with Gasteiger partial charge in [0.15, 0.2) is 18.0 Å². The van der Waals surface area contributed by atoms with Crippen molar-refractivity contribution >= 4 is 34.8 Å². The summed E-state index contributed by atoms with van der Waals surface area (Å²) in [6.07, 6.45) is 6.50. The quantitative estimate of drug-likeness (QED) is 0.281. The van der Waals surface area contributed by atoms with Crippen LogP contribution in [0.1, 0.15) is 68.1 Å². The molecule has 3 saturated carbocycles. The molecule has 0 bridgehead atoms. The van der Waals surface area contributed by atoms with E-state index < -0.39 is 52.0 Å². The molecule has 0 radical (unpaired) electrons. The lowest BCUT2D eigenvalue weighted by molar-refractivity contribution is -0.711. The number of allylic oxidation sites excluding steroid dienone is 4. The molecule has 0 aliphatic heterocycles. The van der Waals surface area contributed by atoms with Crippen LogP contribution < -0.4 is 4.84 Å². The molecule has 3 fully saturated rings. The molecule has 0 aromatic carbocycles. The molecule has 41 heavy (non-hydrogen) atoms. The Morgan fingerprint density at radius 3 is 2.66 bits per heavy atom. The molecule has 1 heterocycles. The second-order valence-corrected chi connectivity index (χ2v) is 12.9. The predicted octanol–water partition coefficient (Wildman–Crippen LogP) is 3.93. The first-order chi connectivity index (χ1) is 19.2. The molecule has 5 rings (SSSR count). The highest BCUT2D eigenvalue weighted by atomic mass is 32.1. The molecule has 1 aromatic rings. The molecular weight excluding hydrogens is 554 g/mol. The normalized spacial score (nSPS) is 35.4. The minimum absolute atomic E-state index is 0.0191. The molecule has 1 N–H and O–H groups in total. The van der Waals surface area contributed by atoms with Crippen LogP contribution in [-0.4, -0.2) is 52.0 Å². The number of aliphatic hydroxyl groups is 1. The maximum absolute atomic E-state index is 13.9. The number of nitrogens with zero attached hydrogens (tertiary/aromatic N) is 1. The summed E-state index contributed by atoms with van der Waals surface area (Å²) in [7, 11) is 0. The van der Waals surface area contributed by atoms with Crippen LogP contribution in [0, 0.1) is 45.6 Å². The third kappa shape index (κ3) is 4.51. The molecule has 0 saturated heterocycles. The number of carbonyl (C=O) groups is 4. The first kappa shape index (κ1) is 29.1. The molecule has 220 valence electrons. The minimum Gasteiger partial charge on any atom is -0.458 e. The van der Waals surface area contributed by atoms with E-state index in [1.165, 1.54) is 19.2 Å². The number of aliphatic hydroxyl groups excluding tert-OH is 1. The zero-order chi connectivity index (χ0) is 29.9.